The molecule has 0 saturated carbocycles. The Morgan fingerprint density at radius 2 is 2.23 bits per heavy atom. The minimum atomic E-state index is -0.265. The van der Waals surface area contributed by atoms with Crippen molar-refractivity contribution in [3.05, 3.63) is 0 Å². The Morgan fingerprint density at radius 3 is 2.92 bits per heavy atom. The minimum absolute atomic E-state index is 0.265. The smallest absolute Gasteiger partial charge is 0.315 e. The Kier molecular flexibility index (Phi) is 2.15. The summed E-state index contributed by atoms with van der Waals surface area (Å²) in [5.74, 6) is 0. The van der Waals surface area contributed by atoms with Crippen LogP contribution in [0.15, 0.2) is 0 Å². The Labute approximate surface area is 78.7 Å². The zero-order chi connectivity index (χ0) is 9.42. The summed E-state index contributed by atoms with van der Waals surface area (Å²) in [7, 11) is 0. The molecule has 2 rings (SSSR count). The molecule has 0 spiro atoms. The first-order valence-corrected chi connectivity index (χ1v) is 4.98. The van der Waals surface area contributed by atoms with Crippen molar-refractivity contribution in [1.82, 2.24) is 9.80 Å². The van der Waals surface area contributed by atoms with Gasteiger partial charge in [-0.3, -0.25) is 4.90 Å². The maximum Gasteiger partial charge on any atom is 0.315 e. The van der Waals surface area contributed by atoms with Crippen LogP contribution >= 0.6 is 0 Å². The molecule has 2 N–H and O–H groups in total. The van der Waals surface area contributed by atoms with Crippen LogP contribution in [0.4, 0.5) is 4.79 Å². The molecule has 0 aromatic carbocycles. The van der Waals surface area contributed by atoms with Crippen molar-refractivity contribution in [2.45, 2.75) is 31.8 Å². The maximum absolute atomic E-state index is 11.1. The third-order valence-corrected chi connectivity index (χ3v) is 3.22. The topological polar surface area (TPSA) is 49.6 Å². The van der Waals surface area contributed by atoms with Gasteiger partial charge in [0.1, 0.15) is 0 Å². The van der Waals surface area contributed by atoms with Gasteiger partial charge in [0.05, 0.1) is 0 Å². The molecule has 4 nitrogen and oxygen atoms in total. The Hall–Kier alpha value is -0.770. The van der Waals surface area contributed by atoms with E-state index in [0.29, 0.717) is 6.04 Å². The fourth-order valence-electron chi connectivity index (χ4n) is 2.49. The molecule has 74 valence electrons. The number of piperazine rings is 1. The average molecular weight is 183 g/mol. The first kappa shape index (κ1) is 8.81. The number of primary amides is 1. The van der Waals surface area contributed by atoms with Gasteiger partial charge in [-0.15, -0.1) is 0 Å². The van der Waals surface area contributed by atoms with Crippen molar-refractivity contribution in [3.63, 3.8) is 0 Å². The first-order valence-electron chi connectivity index (χ1n) is 4.98. The molecule has 0 aromatic heterocycles. The molecule has 2 amide bonds. The molecule has 2 atom stereocenters. The molecule has 2 saturated heterocycles. The van der Waals surface area contributed by atoms with E-state index in [2.05, 4.69) is 11.8 Å². The molecule has 2 aliphatic heterocycles. The molecular weight excluding hydrogens is 166 g/mol. The van der Waals surface area contributed by atoms with Gasteiger partial charge in [-0.1, -0.05) is 0 Å². The summed E-state index contributed by atoms with van der Waals surface area (Å²) >= 11 is 0. The van der Waals surface area contributed by atoms with Gasteiger partial charge in [0, 0.05) is 25.2 Å². The van der Waals surface area contributed by atoms with Crippen LogP contribution in [0.3, 0.4) is 0 Å². The fraction of sp³-hybridized carbons (Fsp3) is 0.889. The van der Waals surface area contributed by atoms with Crippen LogP contribution in [0.2, 0.25) is 0 Å². The lowest BCUT2D eigenvalue weighted by Gasteiger charge is -2.41. The number of amides is 2. The monoisotopic (exact) mass is 183 g/mol. The van der Waals surface area contributed by atoms with Gasteiger partial charge in [-0.05, 0) is 26.3 Å². The van der Waals surface area contributed by atoms with E-state index < -0.39 is 0 Å². The summed E-state index contributed by atoms with van der Waals surface area (Å²) < 4.78 is 0. The summed E-state index contributed by atoms with van der Waals surface area (Å²) in [5.41, 5.74) is 5.31. The molecule has 2 aliphatic rings. The van der Waals surface area contributed by atoms with E-state index in [-0.39, 0.29) is 12.1 Å². The largest absolute Gasteiger partial charge is 0.351 e. The highest BCUT2D eigenvalue weighted by Crippen LogP contribution is 2.23. The van der Waals surface area contributed by atoms with Crippen molar-refractivity contribution in [1.29, 1.82) is 0 Å². The molecule has 13 heavy (non-hydrogen) atoms. The molecule has 0 bridgehead atoms. The number of nitrogens with two attached hydrogens (primary N) is 1. The lowest BCUT2D eigenvalue weighted by Crippen LogP contribution is -2.58. The van der Waals surface area contributed by atoms with E-state index in [9.17, 15) is 4.79 Å². The lowest BCUT2D eigenvalue weighted by atomic mass is 10.1. The molecule has 2 heterocycles. The Balaban J connectivity index is 2.05. The molecule has 2 fully saturated rings. The van der Waals surface area contributed by atoms with Crippen LogP contribution in [0.5, 0.6) is 0 Å². The van der Waals surface area contributed by atoms with E-state index in [0.717, 1.165) is 13.1 Å². The normalized spacial score (nSPS) is 34.7. The van der Waals surface area contributed by atoms with Gasteiger partial charge in [-0.2, -0.15) is 0 Å². The standard InChI is InChI=1S/C9H17N3O/c1-7-5-11-4-2-3-8(11)6-12(7)9(10)13/h7-8H,2-6H2,1H3,(H2,10,13). The highest BCUT2D eigenvalue weighted by Gasteiger charge is 2.35. The molecule has 0 radical (unpaired) electrons. The average Bonchev–Trinajstić information content (AvgIpc) is 2.48. The number of hydrogen-bond donors (Lipinski definition) is 1. The van der Waals surface area contributed by atoms with E-state index in [4.69, 9.17) is 5.73 Å². The van der Waals surface area contributed by atoms with Crippen LogP contribution in [-0.2, 0) is 0 Å². The van der Waals surface area contributed by atoms with E-state index >= 15 is 0 Å². The molecule has 0 aromatic rings. The SMILES string of the molecule is CC1CN2CCCC2CN1C(N)=O. The van der Waals surface area contributed by atoms with Gasteiger partial charge in [0.15, 0.2) is 0 Å². The zero-order valence-electron chi connectivity index (χ0n) is 8.07. The van der Waals surface area contributed by atoms with Crippen LogP contribution in [0.25, 0.3) is 0 Å². The first-order chi connectivity index (χ1) is 6.18. The maximum atomic E-state index is 11.1. The summed E-state index contributed by atoms with van der Waals surface area (Å²) in [5, 5.41) is 0. The van der Waals surface area contributed by atoms with E-state index in [1.54, 1.807) is 4.90 Å². The second kappa shape index (κ2) is 3.18. The van der Waals surface area contributed by atoms with Crippen LogP contribution in [0.1, 0.15) is 19.8 Å². The third-order valence-electron chi connectivity index (χ3n) is 3.22. The fourth-order valence-corrected chi connectivity index (χ4v) is 2.49. The number of fused-ring (bicyclic) bond motifs is 1. The van der Waals surface area contributed by atoms with Crippen molar-refractivity contribution < 1.29 is 4.79 Å². The number of carbonyl (C=O) groups excluding carboxylic acids is 1. The van der Waals surface area contributed by atoms with Gasteiger partial charge in [-0.25, -0.2) is 4.79 Å². The highest BCUT2D eigenvalue weighted by atomic mass is 16.2. The number of urea groups is 1. The molecule has 2 unspecified atom stereocenters. The van der Waals surface area contributed by atoms with Crippen molar-refractivity contribution in [2.24, 2.45) is 5.73 Å². The third kappa shape index (κ3) is 1.50. The molecule has 0 aliphatic carbocycles. The number of carbonyl (C=O) groups is 1. The number of hydrogen-bond acceptors (Lipinski definition) is 2. The number of rotatable bonds is 0. The summed E-state index contributed by atoms with van der Waals surface area (Å²) in [4.78, 5) is 15.4. The predicted molar refractivity (Wildman–Crippen MR) is 50.3 cm³/mol. The van der Waals surface area contributed by atoms with Gasteiger partial charge in [0.2, 0.25) is 0 Å². The highest BCUT2D eigenvalue weighted by molar-refractivity contribution is 5.72. The zero-order valence-corrected chi connectivity index (χ0v) is 8.07. The Morgan fingerprint density at radius 1 is 1.46 bits per heavy atom. The van der Waals surface area contributed by atoms with E-state index in [1.165, 1.54) is 19.4 Å². The van der Waals surface area contributed by atoms with Gasteiger partial charge in [0.25, 0.3) is 0 Å². The second-order valence-corrected chi connectivity index (χ2v) is 4.13. The van der Waals surface area contributed by atoms with Crippen LogP contribution in [0, 0.1) is 0 Å². The van der Waals surface area contributed by atoms with Crippen molar-refractivity contribution >= 4 is 6.03 Å². The Bertz CT molecular complexity index is 219. The molecular formula is C9H17N3O. The lowest BCUT2D eigenvalue weighted by molar-refractivity contribution is 0.0843. The predicted octanol–water partition coefficient (Wildman–Crippen LogP) is 0.234. The van der Waals surface area contributed by atoms with Crippen molar-refractivity contribution in [3.8, 4) is 0 Å². The summed E-state index contributed by atoms with van der Waals surface area (Å²) in [6.07, 6.45) is 2.49. The van der Waals surface area contributed by atoms with Crippen LogP contribution in [-0.4, -0.2) is 47.5 Å². The summed E-state index contributed by atoms with van der Waals surface area (Å²) in [6.45, 7) is 5.09. The molecule has 4 heteroatoms. The quantitative estimate of drug-likeness (QED) is 0.584. The summed E-state index contributed by atoms with van der Waals surface area (Å²) in [6, 6.07) is 0.592. The second-order valence-electron chi connectivity index (χ2n) is 4.13. The van der Waals surface area contributed by atoms with E-state index in [1.807, 2.05) is 0 Å². The van der Waals surface area contributed by atoms with Gasteiger partial charge < -0.3 is 10.6 Å². The number of nitrogens with zero attached hydrogens (tertiary/aromatic N) is 2. The van der Waals surface area contributed by atoms with Gasteiger partial charge >= 0.3 is 6.03 Å². The van der Waals surface area contributed by atoms with Crippen molar-refractivity contribution in [2.75, 3.05) is 19.6 Å². The van der Waals surface area contributed by atoms with Crippen LogP contribution < -0.4 is 5.73 Å². The minimum Gasteiger partial charge on any atom is -0.351 e.